The third kappa shape index (κ3) is 3.86. The van der Waals surface area contributed by atoms with E-state index in [2.05, 4.69) is 5.32 Å². The van der Waals surface area contributed by atoms with Crippen LogP contribution < -0.4 is 5.32 Å². The lowest BCUT2D eigenvalue weighted by molar-refractivity contribution is -0.136. The number of carboxylic acids is 1. The number of carboxylic acid groups (broad SMARTS) is 1. The Bertz CT molecular complexity index is 869. The maximum Gasteiger partial charge on any atom is 0.311 e. The van der Waals surface area contributed by atoms with Gasteiger partial charge in [0.05, 0.1) is 11.8 Å². The van der Waals surface area contributed by atoms with Gasteiger partial charge in [0.25, 0.3) is 5.91 Å². The summed E-state index contributed by atoms with van der Waals surface area (Å²) in [5.41, 5.74) is 0.539. The van der Waals surface area contributed by atoms with Gasteiger partial charge in [-0.05, 0) is 31.4 Å². The Balaban J connectivity index is 1.82. The van der Waals surface area contributed by atoms with E-state index >= 15 is 0 Å². The third-order valence-electron chi connectivity index (χ3n) is 5.24. The minimum atomic E-state index is -1.10. The molecule has 0 radical (unpaired) electrons. The molecule has 3 rings (SSSR count). The van der Waals surface area contributed by atoms with Gasteiger partial charge in [-0.25, -0.2) is 8.78 Å². The van der Waals surface area contributed by atoms with Crippen molar-refractivity contribution in [3.8, 4) is 0 Å². The Morgan fingerprint density at radius 3 is 2.59 bits per heavy atom. The number of nitrogens with one attached hydrogen (secondary N) is 1. The lowest BCUT2D eigenvalue weighted by Gasteiger charge is -2.30. The maximum atomic E-state index is 14.4. The third-order valence-corrected chi connectivity index (χ3v) is 5.24. The molecule has 2 N–H and O–H groups in total. The number of furan rings is 1. The second-order valence-electron chi connectivity index (χ2n) is 7.08. The molecule has 1 aliphatic carbocycles. The van der Waals surface area contributed by atoms with Gasteiger partial charge in [-0.3, -0.25) is 9.59 Å². The van der Waals surface area contributed by atoms with Gasteiger partial charge in [-0.15, -0.1) is 0 Å². The Morgan fingerprint density at radius 2 is 1.96 bits per heavy atom. The minimum Gasteiger partial charge on any atom is -0.481 e. The van der Waals surface area contributed by atoms with Crippen LogP contribution in [0.2, 0.25) is 0 Å². The van der Waals surface area contributed by atoms with Crippen molar-refractivity contribution in [1.82, 2.24) is 5.32 Å². The first-order chi connectivity index (χ1) is 12.8. The maximum absolute atomic E-state index is 14.4. The Hall–Kier alpha value is -2.70. The summed E-state index contributed by atoms with van der Waals surface area (Å²) in [4.78, 5) is 23.6. The predicted molar refractivity (Wildman–Crippen MR) is 93.6 cm³/mol. The van der Waals surface area contributed by atoms with Crippen LogP contribution in [-0.4, -0.2) is 23.5 Å². The molecule has 1 aromatic carbocycles. The summed E-state index contributed by atoms with van der Waals surface area (Å²) in [6.07, 6.45) is 4.10. The summed E-state index contributed by atoms with van der Waals surface area (Å²) in [6.45, 7) is 1.85. The molecule has 0 saturated heterocycles. The average Bonchev–Trinajstić information content (AvgIpc) is 3.20. The number of hydrogen-bond donors (Lipinski definition) is 2. The molecule has 0 spiro atoms. The van der Waals surface area contributed by atoms with Crippen LogP contribution in [0.25, 0.3) is 0 Å². The second-order valence-corrected chi connectivity index (χ2v) is 7.08. The zero-order valence-electron chi connectivity index (χ0n) is 15.0. The summed E-state index contributed by atoms with van der Waals surface area (Å²) >= 11 is 0. The fraction of sp³-hybridized carbons (Fsp3) is 0.400. The first-order valence-electron chi connectivity index (χ1n) is 8.85. The zero-order chi connectivity index (χ0) is 19.6. The number of aliphatic carboxylic acids is 1. The van der Waals surface area contributed by atoms with Crippen molar-refractivity contribution in [1.29, 1.82) is 0 Å². The van der Waals surface area contributed by atoms with Crippen LogP contribution in [0.3, 0.4) is 0 Å². The monoisotopic (exact) mass is 377 g/mol. The fourth-order valence-corrected chi connectivity index (χ4v) is 3.92. The molecular formula is C20H21F2NO4. The van der Waals surface area contributed by atoms with Crippen LogP contribution in [0.15, 0.2) is 28.9 Å². The summed E-state index contributed by atoms with van der Waals surface area (Å²) in [5, 5.41) is 11.8. The largest absolute Gasteiger partial charge is 0.481 e. The number of hydrogen-bond acceptors (Lipinski definition) is 3. The molecule has 0 bridgehead atoms. The molecule has 144 valence electrons. The van der Waals surface area contributed by atoms with E-state index in [1.54, 1.807) is 6.92 Å². The molecule has 1 heterocycles. The van der Waals surface area contributed by atoms with Crippen molar-refractivity contribution in [2.45, 2.75) is 44.4 Å². The molecule has 27 heavy (non-hydrogen) atoms. The van der Waals surface area contributed by atoms with E-state index in [0.29, 0.717) is 24.0 Å². The molecule has 0 aliphatic heterocycles. The average molecular weight is 377 g/mol. The molecule has 0 atom stereocenters. The summed E-state index contributed by atoms with van der Waals surface area (Å²) in [6, 6.07) is 3.54. The second kappa shape index (κ2) is 7.50. The van der Waals surface area contributed by atoms with Crippen molar-refractivity contribution in [2.75, 3.05) is 6.54 Å². The molecule has 1 fully saturated rings. The Morgan fingerprint density at radius 1 is 1.26 bits per heavy atom. The SMILES string of the molecule is Cc1coc(CC(=O)O)c1C(=O)NCC1(c2ccc(F)cc2F)CCCC1. The zero-order valence-corrected chi connectivity index (χ0v) is 15.0. The van der Waals surface area contributed by atoms with Crippen LogP contribution in [0.4, 0.5) is 8.78 Å². The van der Waals surface area contributed by atoms with Crippen LogP contribution in [0.1, 0.15) is 52.9 Å². The van der Waals surface area contributed by atoms with E-state index in [1.165, 1.54) is 18.4 Å². The summed E-state index contributed by atoms with van der Waals surface area (Å²) < 4.78 is 32.9. The smallest absolute Gasteiger partial charge is 0.311 e. The van der Waals surface area contributed by atoms with Gasteiger partial charge in [0, 0.05) is 23.6 Å². The number of aryl methyl sites for hydroxylation is 1. The first kappa shape index (κ1) is 19.1. The number of rotatable bonds is 6. The molecule has 1 saturated carbocycles. The standard InChI is InChI=1S/C20H21F2NO4/c1-12-10-27-16(9-17(24)25)18(12)19(26)23-11-20(6-2-3-7-20)14-5-4-13(21)8-15(14)22/h4-5,8,10H,2-3,6-7,9,11H2,1H3,(H,23,26)(H,24,25). The number of carbonyl (C=O) groups is 2. The topological polar surface area (TPSA) is 79.5 Å². The van der Waals surface area contributed by atoms with Crippen molar-refractivity contribution in [3.63, 3.8) is 0 Å². The quantitative estimate of drug-likeness (QED) is 0.804. The van der Waals surface area contributed by atoms with Crippen molar-refractivity contribution < 1.29 is 27.9 Å². The highest BCUT2D eigenvalue weighted by molar-refractivity contribution is 5.97. The molecule has 5 nitrogen and oxygen atoms in total. The molecule has 7 heteroatoms. The predicted octanol–water partition coefficient (Wildman–Crippen LogP) is 3.74. The molecule has 2 aromatic rings. The Labute approximate surface area is 155 Å². The van der Waals surface area contributed by atoms with E-state index < -0.39 is 35.3 Å². The number of carbonyl (C=O) groups excluding carboxylic acids is 1. The van der Waals surface area contributed by atoms with Gasteiger partial charge in [-0.1, -0.05) is 18.9 Å². The molecule has 0 unspecified atom stereocenters. The molecule has 1 amide bonds. The van der Waals surface area contributed by atoms with E-state index in [4.69, 9.17) is 9.52 Å². The van der Waals surface area contributed by atoms with Gasteiger partial charge in [0.2, 0.25) is 0 Å². The van der Waals surface area contributed by atoms with E-state index in [9.17, 15) is 18.4 Å². The lowest BCUT2D eigenvalue weighted by Crippen LogP contribution is -2.40. The van der Waals surface area contributed by atoms with Crippen molar-refractivity contribution >= 4 is 11.9 Å². The van der Waals surface area contributed by atoms with Gasteiger partial charge in [0.15, 0.2) is 0 Å². The van der Waals surface area contributed by atoms with Crippen LogP contribution >= 0.6 is 0 Å². The Kier molecular flexibility index (Phi) is 5.30. The summed E-state index contributed by atoms with van der Waals surface area (Å²) in [5.74, 6) is -2.71. The first-order valence-corrected chi connectivity index (χ1v) is 8.85. The molecule has 1 aliphatic rings. The molecule has 1 aromatic heterocycles. The highest BCUT2D eigenvalue weighted by Crippen LogP contribution is 2.42. The lowest BCUT2D eigenvalue weighted by atomic mass is 9.78. The van der Waals surface area contributed by atoms with Crippen LogP contribution in [0.5, 0.6) is 0 Å². The van der Waals surface area contributed by atoms with E-state index in [-0.39, 0.29) is 17.9 Å². The van der Waals surface area contributed by atoms with Gasteiger partial charge in [-0.2, -0.15) is 0 Å². The number of amides is 1. The number of halogens is 2. The fourth-order valence-electron chi connectivity index (χ4n) is 3.92. The highest BCUT2D eigenvalue weighted by atomic mass is 19.1. The van der Waals surface area contributed by atoms with Crippen LogP contribution in [0, 0.1) is 18.6 Å². The van der Waals surface area contributed by atoms with Gasteiger partial charge < -0.3 is 14.8 Å². The highest BCUT2D eigenvalue weighted by Gasteiger charge is 2.38. The van der Waals surface area contributed by atoms with Crippen molar-refractivity contribution in [2.24, 2.45) is 0 Å². The summed E-state index contributed by atoms with van der Waals surface area (Å²) in [7, 11) is 0. The van der Waals surface area contributed by atoms with Gasteiger partial charge >= 0.3 is 5.97 Å². The van der Waals surface area contributed by atoms with E-state index in [1.807, 2.05) is 0 Å². The minimum absolute atomic E-state index is 0.0888. The molecular weight excluding hydrogens is 356 g/mol. The normalized spacial score (nSPS) is 15.7. The van der Waals surface area contributed by atoms with Gasteiger partial charge in [0.1, 0.15) is 23.8 Å². The van der Waals surface area contributed by atoms with Crippen molar-refractivity contribution in [3.05, 3.63) is 58.5 Å². The van der Waals surface area contributed by atoms with E-state index in [0.717, 1.165) is 18.9 Å². The number of benzene rings is 1. The van der Waals surface area contributed by atoms with Crippen LogP contribution in [-0.2, 0) is 16.6 Å².